The summed E-state index contributed by atoms with van der Waals surface area (Å²) in [7, 11) is -2.93. The first-order chi connectivity index (χ1) is 7.63. The molecule has 1 aliphatic carbocycles. The van der Waals surface area contributed by atoms with Gasteiger partial charge in [-0.05, 0) is 44.8 Å². The molecule has 5 heteroatoms. The number of sulfonamides is 1. The number of rotatable bonds is 3. The zero-order valence-electron chi connectivity index (χ0n) is 9.63. The second-order valence-electron chi connectivity index (χ2n) is 5.29. The van der Waals surface area contributed by atoms with Crippen LogP contribution >= 0.6 is 11.8 Å². The molecule has 2 atom stereocenters. The second kappa shape index (κ2) is 3.89. The van der Waals surface area contributed by atoms with Crippen LogP contribution in [-0.2, 0) is 10.0 Å². The highest BCUT2D eigenvalue weighted by molar-refractivity contribution is 7.99. The maximum atomic E-state index is 12.3. The van der Waals surface area contributed by atoms with E-state index in [1.807, 2.05) is 16.1 Å². The van der Waals surface area contributed by atoms with Gasteiger partial charge in [-0.2, -0.15) is 16.1 Å². The summed E-state index contributed by atoms with van der Waals surface area (Å²) in [6, 6.07) is 0.642. The van der Waals surface area contributed by atoms with Crippen LogP contribution in [0.2, 0.25) is 0 Å². The van der Waals surface area contributed by atoms with Gasteiger partial charge in [0, 0.05) is 17.3 Å². The first-order valence-electron chi connectivity index (χ1n) is 6.18. The molecule has 92 valence electrons. The molecule has 3 nitrogen and oxygen atoms in total. The van der Waals surface area contributed by atoms with Gasteiger partial charge >= 0.3 is 0 Å². The maximum Gasteiger partial charge on any atom is 0.217 e. The highest BCUT2D eigenvalue weighted by Crippen LogP contribution is 2.44. The van der Waals surface area contributed by atoms with Crippen LogP contribution in [-0.4, -0.2) is 41.6 Å². The topological polar surface area (TPSA) is 37.4 Å². The van der Waals surface area contributed by atoms with E-state index in [4.69, 9.17) is 0 Å². The normalized spacial score (nSPS) is 40.2. The molecule has 2 unspecified atom stereocenters. The summed E-state index contributed by atoms with van der Waals surface area (Å²) < 4.78 is 26.5. The lowest BCUT2D eigenvalue weighted by Crippen LogP contribution is -2.48. The fourth-order valence-corrected chi connectivity index (χ4v) is 6.35. The Morgan fingerprint density at radius 1 is 1.06 bits per heavy atom. The van der Waals surface area contributed by atoms with Gasteiger partial charge in [0.25, 0.3) is 0 Å². The van der Waals surface area contributed by atoms with Crippen molar-refractivity contribution in [3.63, 3.8) is 0 Å². The molecule has 0 aromatic carbocycles. The van der Waals surface area contributed by atoms with E-state index in [0.717, 1.165) is 38.5 Å². The van der Waals surface area contributed by atoms with E-state index in [1.165, 1.54) is 0 Å². The third-order valence-corrected chi connectivity index (χ3v) is 7.75. The number of piperidine rings is 1. The van der Waals surface area contributed by atoms with Crippen molar-refractivity contribution in [2.45, 2.75) is 61.1 Å². The van der Waals surface area contributed by atoms with Crippen molar-refractivity contribution in [1.29, 1.82) is 0 Å². The van der Waals surface area contributed by atoms with Crippen LogP contribution in [0.25, 0.3) is 0 Å². The minimum atomic E-state index is -2.93. The molecule has 2 bridgehead atoms. The van der Waals surface area contributed by atoms with E-state index in [0.29, 0.717) is 17.3 Å². The van der Waals surface area contributed by atoms with Crippen LogP contribution in [0.5, 0.6) is 0 Å². The number of fused-ring (bicyclic) bond motifs is 2. The summed E-state index contributed by atoms with van der Waals surface area (Å²) in [6.45, 7) is 0. The van der Waals surface area contributed by atoms with Gasteiger partial charge in [-0.15, -0.1) is 0 Å². The summed E-state index contributed by atoms with van der Waals surface area (Å²) >= 11 is 1.91. The molecule has 2 aliphatic heterocycles. The predicted octanol–water partition coefficient (Wildman–Crippen LogP) is 1.84. The molecule has 0 spiro atoms. The molecule has 0 N–H and O–H groups in total. The van der Waals surface area contributed by atoms with E-state index >= 15 is 0 Å². The molecule has 16 heavy (non-hydrogen) atoms. The molecular weight excluding hydrogens is 242 g/mol. The summed E-state index contributed by atoms with van der Waals surface area (Å²) in [4.78, 5) is 0. The van der Waals surface area contributed by atoms with Crippen LogP contribution < -0.4 is 0 Å². The fraction of sp³-hybridized carbons (Fsp3) is 1.00. The molecule has 2 saturated heterocycles. The highest BCUT2D eigenvalue weighted by Gasteiger charge is 2.51. The van der Waals surface area contributed by atoms with Gasteiger partial charge < -0.3 is 0 Å². The molecule has 0 amide bonds. The van der Waals surface area contributed by atoms with Gasteiger partial charge in [0.1, 0.15) is 0 Å². The van der Waals surface area contributed by atoms with Gasteiger partial charge in [0.2, 0.25) is 10.0 Å². The van der Waals surface area contributed by atoms with Crippen LogP contribution in [0, 0.1) is 0 Å². The Bertz CT molecular complexity index is 363. The molecule has 1 saturated carbocycles. The average molecular weight is 261 g/mol. The van der Waals surface area contributed by atoms with Gasteiger partial charge in [-0.1, -0.05) is 0 Å². The molecule has 2 heterocycles. The number of hydrogen-bond donors (Lipinski definition) is 0. The Hall–Kier alpha value is 0.260. The van der Waals surface area contributed by atoms with Gasteiger partial charge in [-0.3, -0.25) is 0 Å². The zero-order chi connectivity index (χ0) is 11.3. The van der Waals surface area contributed by atoms with Crippen molar-refractivity contribution in [3.05, 3.63) is 0 Å². The molecule has 0 radical (unpaired) electrons. The number of thioether (sulfide) groups is 1. The maximum absolute atomic E-state index is 12.3. The summed E-state index contributed by atoms with van der Waals surface area (Å²) in [5, 5.41) is 0.657. The lowest BCUT2D eigenvalue weighted by molar-refractivity contribution is 0.253. The van der Waals surface area contributed by atoms with Crippen molar-refractivity contribution < 1.29 is 8.42 Å². The lowest BCUT2D eigenvalue weighted by Gasteiger charge is -2.37. The minimum Gasteiger partial charge on any atom is -0.212 e. The molecular formula is C11H19NO2S2. The standard InChI is InChI=1S/C11H19NO2S2/c1-15-10-6-8-2-3-9(7-10)12(8)16(13,14)11-4-5-11/h8-11H,2-7H2,1H3. The van der Waals surface area contributed by atoms with Gasteiger partial charge in [0.15, 0.2) is 0 Å². The van der Waals surface area contributed by atoms with Crippen molar-refractivity contribution in [1.82, 2.24) is 4.31 Å². The van der Waals surface area contributed by atoms with Crippen molar-refractivity contribution >= 4 is 21.8 Å². The fourth-order valence-electron chi connectivity index (χ4n) is 3.23. The van der Waals surface area contributed by atoms with Gasteiger partial charge in [-0.25, -0.2) is 8.42 Å². The Morgan fingerprint density at radius 3 is 2.06 bits per heavy atom. The van der Waals surface area contributed by atoms with Crippen LogP contribution in [0.3, 0.4) is 0 Å². The van der Waals surface area contributed by atoms with Crippen molar-refractivity contribution in [3.8, 4) is 0 Å². The van der Waals surface area contributed by atoms with E-state index in [2.05, 4.69) is 6.26 Å². The third kappa shape index (κ3) is 1.71. The lowest BCUT2D eigenvalue weighted by atomic mass is 10.1. The first kappa shape index (κ1) is 11.4. The van der Waals surface area contributed by atoms with Crippen molar-refractivity contribution in [2.24, 2.45) is 0 Å². The van der Waals surface area contributed by atoms with E-state index in [1.54, 1.807) is 0 Å². The van der Waals surface area contributed by atoms with E-state index < -0.39 is 10.0 Å². The predicted molar refractivity (Wildman–Crippen MR) is 67.1 cm³/mol. The SMILES string of the molecule is CSC1CC2CCC(C1)N2S(=O)(=O)C1CC1. The average Bonchev–Trinajstić information content (AvgIpc) is 3.05. The van der Waals surface area contributed by atoms with E-state index in [-0.39, 0.29) is 5.25 Å². The summed E-state index contributed by atoms with van der Waals surface area (Å²) in [6.07, 6.45) is 8.26. The number of hydrogen-bond acceptors (Lipinski definition) is 3. The van der Waals surface area contributed by atoms with Crippen molar-refractivity contribution in [2.75, 3.05) is 6.26 Å². The minimum absolute atomic E-state index is 0.0265. The first-order valence-corrected chi connectivity index (χ1v) is 8.97. The third-order valence-electron chi connectivity index (χ3n) is 4.20. The molecule has 3 fully saturated rings. The summed E-state index contributed by atoms with van der Waals surface area (Å²) in [5.74, 6) is 0. The van der Waals surface area contributed by atoms with Crippen LogP contribution in [0.4, 0.5) is 0 Å². The molecule has 3 rings (SSSR count). The highest BCUT2D eigenvalue weighted by atomic mass is 32.2. The van der Waals surface area contributed by atoms with Crippen LogP contribution in [0.15, 0.2) is 0 Å². The molecule has 0 aromatic heterocycles. The number of nitrogens with zero attached hydrogens (tertiary/aromatic N) is 1. The molecule has 3 aliphatic rings. The Balaban J connectivity index is 1.83. The molecule has 0 aromatic rings. The monoisotopic (exact) mass is 261 g/mol. The zero-order valence-corrected chi connectivity index (χ0v) is 11.3. The van der Waals surface area contributed by atoms with Gasteiger partial charge in [0.05, 0.1) is 5.25 Å². The Labute approximate surface area is 102 Å². The van der Waals surface area contributed by atoms with Crippen LogP contribution in [0.1, 0.15) is 38.5 Å². The summed E-state index contributed by atoms with van der Waals surface area (Å²) in [5.41, 5.74) is 0. The van der Waals surface area contributed by atoms with E-state index in [9.17, 15) is 8.42 Å². The Morgan fingerprint density at radius 2 is 1.62 bits per heavy atom. The Kier molecular flexibility index (Phi) is 2.76. The second-order valence-corrected chi connectivity index (χ2v) is 8.54. The largest absolute Gasteiger partial charge is 0.217 e. The smallest absolute Gasteiger partial charge is 0.212 e. The quantitative estimate of drug-likeness (QED) is 0.778.